The molecule has 0 radical (unpaired) electrons. The molecule has 0 aliphatic carbocycles. The minimum Gasteiger partial charge on any atom is -0.367 e. The summed E-state index contributed by atoms with van der Waals surface area (Å²) in [5.41, 5.74) is 1.66. The maximum absolute atomic E-state index is 13.1. The molecule has 1 saturated heterocycles. The van der Waals surface area contributed by atoms with Gasteiger partial charge < -0.3 is 15.1 Å². The van der Waals surface area contributed by atoms with E-state index in [1.807, 2.05) is 48.5 Å². The van der Waals surface area contributed by atoms with Crippen LogP contribution in [0.3, 0.4) is 0 Å². The number of benzene rings is 3. The van der Waals surface area contributed by atoms with Crippen molar-refractivity contribution >= 4 is 38.1 Å². The predicted molar refractivity (Wildman–Crippen MR) is 133 cm³/mol. The lowest BCUT2D eigenvalue weighted by atomic mass is 10.1. The molecule has 3 aromatic rings. The van der Waals surface area contributed by atoms with E-state index >= 15 is 0 Å². The smallest absolute Gasteiger partial charge is 0.243 e. The van der Waals surface area contributed by atoms with Crippen LogP contribution >= 0.6 is 0 Å². The highest BCUT2D eigenvalue weighted by molar-refractivity contribution is 7.89. The van der Waals surface area contributed by atoms with E-state index in [0.717, 1.165) is 53.5 Å². The molecule has 1 amide bonds. The molecule has 4 rings (SSSR count). The molecule has 0 spiro atoms. The monoisotopic (exact) mass is 466 g/mol. The molecular formula is C25H30N4O3S. The van der Waals surface area contributed by atoms with Crippen molar-refractivity contribution in [2.24, 2.45) is 0 Å². The summed E-state index contributed by atoms with van der Waals surface area (Å²) in [5, 5.41) is 4.72. The zero-order chi connectivity index (χ0) is 23.4. The van der Waals surface area contributed by atoms with Gasteiger partial charge in [0, 0.05) is 33.2 Å². The molecular weight excluding hydrogens is 436 g/mol. The summed E-state index contributed by atoms with van der Waals surface area (Å²) < 4.78 is 27.2. The first-order chi connectivity index (χ1) is 15.9. The van der Waals surface area contributed by atoms with Crippen LogP contribution in [0.5, 0.6) is 0 Å². The quantitative estimate of drug-likeness (QED) is 0.579. The fourth-order valence-corrected chi connectivity index (χ4v) is 5.31. The second-order valence-electron chi connectivity index (χ2n) is 8.26. The molecule has 1 heterocycles. The Labute approximate surface area is 195 Å². The number of anilines is 2. The Kier molecular flexibility index (Phi) is 6.97. The Morgan fingerprint density at radius 3 is 2.33 bits per heavy atom. The lowest BCUT2D eigenvalue weighted by Crippen LogP contribution is -2.46. The number of piperazine rings is 1. The third-order valence-electron chi connectivity index (χ3n) is 6.13. The minimum atomic E-state index is -3.80. The third kappa shape index (κ3) is 5.19. The Morgan fingerprint density at radius 1 is 0.939 bits per heavy atom. The first-order valence-electron chi connectivity index (χ1n) is 11.2. The molecule has 0 saturated carbocycles. The van der Waals surface area contributed by atoms with Gasteiger partial charge in [0.1, 0.15) is 0 Å². The van der Waals surface area contributed by atoms with Crippen LogP contribution in [0.2, 0.25) is 0 Å². The summed E-state index contributed by atoms with van der Waals surface area (Å²) in [6.07, 6.45) is 0. The predicted octanol–water partition coefficient (Wildman–Crippen LogP) is 3.24. The van der Waals surface area contributed by atoms with Crippen molar-refractivity contribution in [2.45, 2.75) is 11.8 Å². The molecule has 1 aliphatic heterocycles. The SMILES string of the molecule is CCN1CCN(c2ccccc2NC(=O)CN(C)S(=O)(=O)c2ccc3ccccc3c2)CC1. The maximum Gasteiger partial charge on any atom is 0.243 e. The number of fused-ring (bicyclic) bond motifs is 1. The number of hydrogen-bond donors (Lipinski definition) is 1. The van der Waals surface area contributed by atoms with Gasteiger partial charge in [0.15, 0.2) is 0 Å². The van der Waals surface area contributed by atoms with E-state index in [9.17, 15) is 13.2 Å². The van der Waals surface area contributed by atoms with Crippen molar-refractivity contribution in [1.82, 2.24) is 9.21 Å². The zero-order valence-electron chi connectivity index (χ0n) is 19.1. The van der Waals surface area contributed by atoms with Gasteiger partial charge in [-0.1, -0.05) is 49.4 Å². The van der Waals surface area contributed by atoms with E-state index < -0.39 is 10.0 Å². The molecule has 1 aliphatic rings. The lowest BCUT2D eigenvalue weighted by molar-refractivity contribution is -0.116. The van der Waals surface area contributed by atoms with Crippen molar-refractivity contribution in [2.75, 3.05) is 56.5 Å². The number of hydrogen-bond acceptors (Lipinski definition) is 5. The molecule has 33 heavy (non-hydrogen) atoms. The van der Waals surface area contributed by atoms with Gasteiger partial charge in [0.25, 0.3) is 0 Å². The van der Waals surface area contributed by atoms with Crippen molar-refractivity contribution < 1.29 is 13.2 Å². The van der Waals surface area contributed by atoms with Crippen LogP contribution in [-0.4, -0.2) is 69.8 Å². The number of carbonyl (C=O) groups excluding carboxylic acids is 1. The van der Waals surface area contributed by atoms with Crippen LogP contribution in [0.15, 0.2) is 71.6 Å². The average Bonchev–Trinajstić information content (AvgIpc) is 2.84. The van der Waals surface area contributed by atoms with Crippen LogP contribution in [0.25, 0.3) is 10.8 Å². The highest BCUT2D eigenvalue weighted by Gasteiger charge is 2.24. The molecule has 174 valence electrons. The number of sulfonamides is 1. The van der Waals surface area contributed by atoms with Crippen molar-refractivity contribution in [1.29, 1.82) is 0 Å². The Hall–Kier alpha value is -2.94. The van der Waals surface area contributed by atoms with Gasteiger partial charge in [-0.25, -0.2) is 8.42 Å². The van der Waals surface area contributed by atoms with Crippen LogP contribution in [0, 0.1) is 0 Å². The maximum atomic E-state index is 13.1. The zero-order valence-corrected chi connectivity index (χ0v) is 19.9. The van der Waals surface area contributed by atoms with Crippen LogP contribution in [0.4, 0.5) is 11.4 Å². The lowest BCUT2D eigenvalue weighted by Gasteiger charge is -2.36. The van der Waals surface area contributed by atoms with Gasteiger partial charge in [-0.2, -0.15) is 4.31 Å². The fraction of sp³-hybridized carbons (Fsp3) is 0.320. The molecule has 1 fully saturated rings. The van der Waals surface area contributed by atoms with Crippen LogP contribution in [0.1, 0.15) is 6.92 Å². The Morgan fingerprint density at radius 2 is 1.61 bits per heavy atom. The standard InChI is InChI=1S/C25H30N4O3S/c1-3-28-14-16-29(17-15-28)24-11-7-6-10-23(24)26-25(30)19-27(2)33(31,32)22-13-12-20-8-4-5-9-21(20)18-22/h4-13,18H,3,14-17,19H2,1-2H3,(H,26,30). The molecule has 0 unspecified atom stereocenters. The van der Waals surface area contributed by atoms with Crippen LogP contribution in [-0.2, 0) is 14.8 Å². The van der Waals surface area contributed by atoms with Gasteiger partial charge in [-0.05, 0) is 41.6 Å². The molecule has 0 atom stereocenters. The number of nitrogens with one attached hydrogen (secondary N) is 1. The topological polar surface area (TPSA) is 73.0 Å². The normalized spacial score (nSPS) is 15.2. The largest absolute Gasteiger partial charge is 0.367 e. The minimum absolute atomic E-state index is 0.172. The van der Waals surface area contributed by atoms with Crippen molar-refractivity contribution in [3.8, 4) is 0 Å². The molecule has 8 heteroatoms. The number of nitrogens with zero attached hydrogens (tertiary/aromatic N) is 3. The highest BCUT2D eigenvalue weighted by Crippen LogP contribution is 2.27. The van der Waals surface area contributed by atoms with E-state index in [1.165, 1.54) is 7.05 Å². The number of carbonyl (C=O) groups is 1. The van der Waals surface area contributed by atoms with Crippen LogP contribution < -0.4 is 10.2 Å². The summed E-state index contributed by atoms with van der Waals surface area (Å²) >= 11 is 0. The summed E-state index contributed by atoms with van der Waals surface area (Å²) in [6, 6.07) is 20.3. The number of para-hydroxylation sites is 2. The number of rotatable bonds is 7. The molecule has 0 bridgehead atoms. The van der Waals surface area contributed by atoms with Gasteiger partial charge in [0.2, 0.25) is 15.9 Å². The second kappa shape index (κ2) is 9.91. The van der Waals surface area contributed by atoms with E-state index in [0.29, 0.717) is 5.69 Å². The Balaban J connectivity index is 1.45. The summed E-state index contributed by atoms with van der Waals surface area (Å²) in [7, 11) is -2.37. The van der Waals surface area contributed by atoms with Crippen molar-refractivity contribution in [3.63, 3.8) is 0 Å². The van der Waals surface area contributed by atoms with E-state index in [2.05, 4.69) is 22.0 Å². The first kappa shape index (κ1) is 23.2. The molecule has 7 nitrogen and oxygen atoms in total. The fourth-order valence-electron chi connectivity index (χ4n) is 4.14. The second-order valence-corrected chi connectivity index (χ2v) is 10.3. The van der Waals surface area contributed by atoms with Crippen molar-refractivity contribution in [3.05, 3.63) is 66.7 Å². The molecule has 0 aromatic heterocycles. The van der Waals surface area contributed by atoms with E-state index in [1.54, 1.807) is 18.2 Å². The summed E-state index contributed by atoms with van der Waals surface area (Å²) in [5.74, 6) is -0.374. The molecule has 1 N–H and O–H groups in total. The first-order valence-corrected chi connectivity index (χ1v) is 12.6. The third-order valence-corrected chi connectivity index (χ3v) is 7.93. The van der Waals surface area contributed by atoms with Gasteiger partial charge >= 0.3 is 0 Å². The number of amides is 1. The summed E-state index contributed by atoms with van der Waals surface area (Å²) in [4.78, 5) is 17.6. The van der Waals surface area contributed by atoms with Gasteiger partial charge in [-0.3, -0.25) is 4.79 Å². The highest BCUT2D eigenvalue weighted by atomic mass is 32.2. The average molecular weight is 467 g/mol. The number of likely N-dealkylation sites (N-methyl/N-ethyl adjacent to an activating group) is 2. The van der Waals surface area contributed by atoms with Gasteiger partial charge in [-0.15, -0.1) is 0 Å². The molecule has 3 aromatic carbocycles. The Bertz CT molecular complexity index is 1240. The van der Waals surface area contributed by atoms with Gasteiger partial charge in [0.05, 0.1) is 22.8 Å². The van der Waals surface area contributed by atoms with E-state index in [-0.39, 0.29) is 17.3 Å². The van der Waals surface area contributed by atoms with E-state index in [4.69, 9.17) is 0 Å². The summed E-state index contributed by atoms with van der Waals surface area (Å²) in [6.45, 7) is 6.65.